The summed E-state index contributed by atoms with van der Waals surface area (Å²) >= 11 is 0. The van der Waals surface area contributed by atoms with E-state index in [1.165, 1.54) is 0 Å². The summed E-state index contributed by atoms with van der Waals surface area (Å²) in [7, 11) is 0. The molecule has 4 bridgehead atoms. The van der Waals surface area contributed by atoms with Crippen molar-refractivity contribution in [2.75, 3.05) is 0 Å². The predicted molar refractivity (Wildman–Crippen MR) is 119 cm³/mol. The Labute approximate surface area is 206 Å². The summed E-state index contributed by atoms with van der Waals surface area (Å²) in [5.74, 6) is -9.13. The minimum Gasteiger partial charge on any atom is -0.478 e. The Morgan fingerprint density at radius 1 is 0.528 bits per heavy atom. The van der Waals surface area contributed by atoms with Crippen molar-refractivity contribution in [1.82, 2.24) is 0 Å². The predicted octanol–water partition coefficient (Wildman–Crippen LogP) is 2.55. The molecule has 3 fully saturated rings. The molecule has 2 unspecified atom stereocenters. The molecule has 3 saturated carbocycles. The maximum atomic E-state index is 13.0. The van der Waals surface area contributed by atoms with Crippen molar-refractivity contribution in [2.45, 2.75) is 64.2 Å². The molecule has 192 valence electrons. The molecule has 10 heteroatoms. The van der Waals surface area contributed by atoms with Crippen LogP contribution >= 0.6 is 0 Å². The highest BCUT2D eigenvalue weighted by atomic mass is 16.6. The molecule has 2 N–H and O–H groups in total. The number of ether oxygens (including phenoxy) is 2. The average molecular weight is 501 g/mol. The van der Waals surface area contributed by atoms with Crippen LogP contribution in [0, 0.1) is 35.5 Å². The zero-order valence-corrected chi connectivity index (χ0v) is 19.7. The Balaban J connectivity index is 1.28. The van der Waals surface area contributed by atoms with Crippen LogP contribution in [0.25, 0.3) is 0 Å². The highest BCUT2D eigenvalue weighted by Crippen LogP contribution is 2.50. The van der Waals surface area contributed by atoms with Crippen LogP contribution in [-0.2, 0) is 38.2 Å². The molecule has 5 rings (SSSR count). The average Bonchev–Trinajstić information content (AvgIpc) is 3.63. The second-order valence-electron chi connectivity index (χ2n) is 10.6. The molecule has 0 aromatic rings. The molecule has 0 aliphatic heterocycles. The first-order valence-electron chi connectivity index (χ1n) is 12.6. The first-order valence-corrected chi connectivity index (χ1v) is 12.6. The second kappa shape index (κ2) is 9.29. The number of carbonyl (C=O) groups is 6. The molecule has 0 aromatic carbocycles. The summed E-state index contributed by atoms with van der Waals surface area (Å²) in [5.41, 5.74) is 0.119. The van der Waals surface area contributed by atoms with Gasteiger partial charge in [0.15, 0.2) is 0 Å². The molecule has 0 spiro atoms. The van der Waals surface area contributed by atoms with Crippen LogP contribution in [0.15, 0.2) is 22.3 Å². The van der Waals surface area contributed by atoms with Gasteiger partial charge in [0.2, 0.25) is 0 Å². The summed E-state index contributed by atoms with van der Waals surface area (Å²) in [5, 5.41) is 19.1. The van der Waals surface area contributed by atoms with Crippen LogP contribution in [-0.4, -0.2) is 46.0 Å². The monoisotopic (exact) mass is 500 g/mol. The van der Waals surface area contributed by atoms with E-state index in [1.54, 1.807) is 0 Å². The van der Waals surface area contributed by atoms with Gasteiger partial charge in [-0.1, -0.05) is 12.8 Å². The maximum Gasteiger partial charge on any atom is 0.342 e. The highest BCUT2D eigenvalue weighted by Gasteiger charge is 2.49. The van der Waals surface area contributed by atoms with Gasteiger partial charge in [-0.2, -0.15) is 0 Å². The normalized spacial score (nSPS) is 32.6. The van der Waals surface area contributed by atoms with Crippen LogP contribution < -0.4 is 0 Å². The number of carboxylic acids is 2. The number of carbonyl (C=O) groups excluding carboxylic acids is 4. The van der Waals surface area contributed by atoms with Gasteiger partial charge >= 0.3 is 35.8 Å². The smallest absolute Gasteiger partial charge is 0.342 e. The van der Waals surface area contributed by atoms with Crippen LogP contribution in [0.3, 0.4) is 0 Å². The van der Waals surface area contributed by atoms with Crippen LogP contribution in [0.2, 0.25) is 0 Å². The van der Waals surface area contributed by atoms with Crippen molar-refractivity contribution in [2.24, 2.45) is 35.5 Å². The van der Waals surface area contributed by atoms with E-state index in [4.69, 9.17) is 9.47 Å². The summed E-state index contributed by atoms with van der Waals surface area (Å²) < 4.78 is 10.2. The summed E-state index contributed by atoms with van der Waals surface area (Å²) in [6, 6.07) is 0. The van der Waals surface area contributed by atoms with Gasteiger partial charge in [0.25, 0.3) is 0 Å². The van der Waals surface area contributed by atoms with Crippen LogP contribution in [0.4, 0.5) is 0 Å². The lowest BCUT2D eigenvalue weighted by Crippen LogP contribution is -2.37. The number of hydrogen-bond donors (Lipinski definition) is 2. The molecule has 0 radical (unpaired) electrons. The van der Waals surface area contributed by atoms with Crippen molar-refractivity contribution in [3.63, 3.8) is 0 Å². The van der Waals surface area contributed by atoms with Gasteiger partial charge < -0.3 is 19.7 Å². The highest BCUT2D eigenvalue weighted by molar-refractivity contribution is 6.07. The van der Waals surface area contributed by atoms with E-state index >= 15 is 0 Å². The Morgan fingerprint density at radius 2 is 0.861 bits per heavy atom. The summed E-state index contributed by atoms with van der Waals surface area (Å²) in [4.78, 5) is 74.9. The van der Waals surface area contributed by atoms with Crippen molar-refractivity contribution in [3.8, 4) is 0 Å². The third-order valence-corrected chi connectivity index (χ3v) is 8.74. The SMILES string of the molecule is O=C(O)C1=C(C(=O)OC(=O)C2CCCCC2C(=O)OC(=O)C2=C(C(=O)O)[C@H]3CC[C@@H]2C3)[C@@H]2CC[C@H]1C2. The van der Waals surface area contributed by atoms with Crippen LogP contribution in [0.1, 0.15) is 64.2 Å². The van der Waals surface area contributed by atoms with E-state index in [1.807, 2.05) is 0 Å². The van der Waals surface area contributed by atoms with E-state index in [0.29, 0.717) is 51.4 Å². The topological polar surface area (TPSA) is 161 Å². The Kier molecular flexibility index (Phi) is 6.30. The van der Waals surface area contributed by atoms with E-state index < -0.39 is 47.7 Å². The zero-order chi connectivity index (χ0) is 25.7. The Bertz CT molecular complexity index is 1040. The minimum absolute atomic E-state index is 0.0163. The van der Waals surface area contributed by atoms with Crippen molar-refractivity contribution in [1.29, 1.82) is 0 Å². The van der Waals surface area contributed by atoms with Gasteiger partial charge in [0.05, 0.1) is 34.1 Å². The summed E-state index contributed by atoms with van der Waals surface area (Å²) in [6.45, 7) is 0. The molecule has 5 aliphatic rings. The van der Waals surface area contributed by atoms with Gasteiger partial charge in [-0.05, 0) is 75.0 Å². The number of esters is 4. The summed E-state index contributed by atoms with van der Waals surface area (Å²) in [6.07, 6.45) is 5.53. The molecular weight excluding hydrogens is 472 g/mol. The number of hydrogen-bond acceptors (Lipinski definition) is 8. The van der Waals surface area contributed by atoms with Crippen molar-refractivity contribution >= 4 is 35.8 Å². The maximum absolute atomic E-state index is 13.0. The number of fused-ring (bicyclic) bond motifs is 4. The molecule has 36 heavy (non-hydrogen) atoms. The number of aliphatic carboxylic acids is 2. The lowest BCUT2D eigenvalue weighted by molar-refractivity contribution is -0.171. The van der Waals surface area contributed by atoms with Crippen LogP contribution in [0.5, 0.6) is 0 Å². The minimum atomic E-state index is -1.19. The van der Waals surface area contributed by atoms with E-state index in [9.17, 15) is 39.0 Å². The molecule has 0 saturated heterocycles. The van der Waals surface area contributed by atoms with E-state index in [2.05, 4.69) is 0 Å². The lowest BCUT2D eigenvalue weighted by Gasteiger charge is -2.28. The fourth-order valence-electron chi connectivity index (χ4n) is 7.16. The lowest BCUT2D eigenvalue weighted by atomic mass is 9.79. The molecule has 0 aromatic heterocycles. The van der Waals surface area contributed by atoms with E-state index in [-0.39, 0.29) is 58.8 Å². The molecule has 0 heterocycles. The molecule has 10 nitrogen and oxygen atoms in total. The van der Waals surface area contributed by atoms with Gasteiger partial charge in [-0.25, -0.2) is 19.2 Å². The van der Waals surface area contributed by atoms with Gasteiger partial charge in [0, 0.05) is 0 Å². The third-order valence-electron chi connectivity index (χ3n) is 8.74. The van der Waals surface area contributed by atoms with Gasteiger partial charge in [-0.15, -0.1) is 0 Å². The Hall–Kier alpha value is -3.30. The molecular formula is C26H28O10. The first-order chi connectivity index (χ1) is 17.2. The fraction of sp³-hybridized carbons (Fsp3) is 0.615. The molecule has 6 atom stereocenters. The standard InChI is InChI=1S/C26H28O10/c27-21(28)17-11-5-7-13(9-11)19(17)25(33)35-23(31)15-3-1-2-4-16(15)24(32)36-26(34)20-14-8-6-12(10-14)18(20)22(29)30/h11-16H,1-10H2,(H,27,28)(H,29,30)/t11-,12-,13+,14+,15?,16?/m0/s1. The molecule has 5 aliphatic carbocycles. The number of rotatable bonds is 6. The van der Waals surface area contributed by atoms with E-state index in [0.717, 1.165) is 0 Å². The van der Waals surface area contributed by atoms with Gasteiger partial charge in [-0.3, -0.25) is 9.59 Å². The zero-order valence-electron chi connectivity index (χ0n) is 19.7. The Morgan fingerprint density at radius 3 is 1.19 bits per heavy atom. The first kappa shape index (κ1) is 24.4. The fourth-order valence-corrected chi connectivity index (χ4v) is 7.16. The largest absolute Gasteiger partial charge is 0.478 e. The molecule has 0 amide bonds. The van der Waals surface area contributed by atoms with Crippen molar-refractivity contribution in [3.05, 3.63) is 22.3 Å². The second-order valence-corrected chi connectivity index (χ2v) is 10.6. The third kappa shape index (κ3) is 4.06. The number of carboxylic acid groups (broad SMARTS) is 2. The van der Waals surface area contributed by atoms with Gasteiger partial charge in [0.1, 0.15) is 0 Å². The van der Waals surface area contributed by atoms with Crippen molar-refractivity contribution < 1.29 is 48.5 Å². The quantitative estimate of drug-likeness (QED) is 0.409.